The molecule has 1 amide bonds. The maximum Gasteiger partial charge on any atom is 0.271 e. The van der Waals surface area contributed by atoms with E-state index >= 15 is 0 Å². The van der Waals surface area contributed by atoms with Crippen LogP contribution in [0.3, 0.4) is 0 Å². The van der Waals surface area contributed by atoms with Crippen LogP contribution in [0.1, 0.15) is 27.7 Å². The second-order valence-electron chi connectivity index (χ2n) is 7.33. The van der Waals surface area contributed by atoms with Crippen LogP contribution in [0.2, 0.25) is 0 Å². The summed E-state index contributed by atoms with van der Waals surface area (Å²) < 4.78 is 1.98. The number of amides is 1. The second-order valence-corrected chi connectivity index (χ2v) is 8.63. The lowest BCUT2D eigenvalue weighted by Crippen LogP contribution is -2.23. The minimum atomic E-state index is -0.492. The van der Waals surface area contributed by atoms with Crippen molar-refractivity contribution in [3.05, 3.63) is 58.6 Å². The number of carbonyl (C=O) groups excluding carboxylic acids is 1. The van der Waals surface area contributed by atoms with E-state index in [9.17, 15) is 14.9 Å². The molecule has 2 aromatic carbocycles. The third-order valence-corrected chi connectivity index (χ3v) is 6.34. The Kier molecular flexibility index (Phi) is 8.05. The number of hydrogen-bond acceptors (Lipinski definition) is 7. The van der Waals surface area contributed by atoms with Gasteiger partial charge in [0.2, 0.25) is 5.91 Å². The van der Waals surface area contributed by atoms with Crippen molar-refractivity contribution in [2.75, 3.05) is 23.3 Å². The normalized spacial score (nSPS) is 11.8. The van der Waals surface area contributed by atoms with Crippen LogP contribution in [0, 0.1) is 10.1 Å². The lowest BCUT2D eigenvalue weighted by atomic mass is 10.2. The van der Waals surface area contributed by atoms with E-state index in [0.717, 1.165) is 30.2 Å². The third-order valence-electron chi connectivity index (χ3n) is 5.26. The van der Waals surface area contributed by atoms with Gasteiger partial charge in [-0.1, -0.05) is 17.8 Å². The van der Waals surface area contributed by atoms with Gasteiger partial charge in [0.05, 0.1) is 10.2 Å². The molecule has 1 unspecified atom stereocenters. The average molecular weight is 469 g/mol. The van der Waals surface area contributed by atoms with Crippen LogP contribution in [0.15, 0.2) is 53.7 Å². The Hall–Kier alpha value is -3.40. The molecule has 3 aromatic rings. The van der Waals surface area contributed by atoms with Crippen LogP contribution in [0.25, 0.3) is 11.4 Å². The molecule has 1 N–H and O–H groups in total. The summed E-state index contributed by atoms with van der Waals surface area (Å²) in [4.78, 5) is 25.4. The molecule has 1 atom stereocenters. The molecule has 0 aliphatic heterocycles. The molecule has 0 bridgehead atoms. The average Bonchev–Trinajstić information content (AvgIpc) is 3.22. The predicted octanol–water partition coefficient (Wildman–Crippen LogP) is 4.84. The first-order valence-electron chi connectivity index (χ1n) is 10.9. The molecule has 3 rings (SSSR count). The lowest BCUT2D eigenvalue weighted by molar-refractivity contribution is -0.384. The summed E-state index contributed by atoms with van der Waals surface area (Å²) in [6.07, 6.45) is 0. The number of benzene rings is 2. The van der Waals surface area contributed by atoms with E-state index in [0.29, 0.717) is 17.4 Å². The molecule has 0 saturated carbocycles. The molecule has 1 heterocycles. The van der Waals surface area contributed by atoms with Gasteiger partial charge in [0, 0.05) is 48.7 Å². The van der Waals surface area contributed by atoms with E-state index in [1.807, 2.05) is 23.6 Å². The van der Waals surface area contributed by atoms with Crippen molar-refractivity contribution in [2.24, 2.45) is 0 Å². The maximum atomic E-state index is 12.7. The molecule has 0 aliphatic rings. The first kappa shape index (κ1) is 24.2. The van der Waals surface area contributed by atoms with Crippen LogP contribution in [-0.4, -0.2) is 43.9 Å². The quantitative estimate of drug-likeness (QED) is 0.258. The summed E-state index contributed by atoms with van der Waals surface area (Å²) in [5, 5.41) is 22.5. The van der Waals surface area contributed by atoms with E-state index in [1.165, 1.54) is 30.0 Å². The summed E-state index contributed by atoms with van der Waals surface area (Å²) in [7, 11) is 0. The number of rotatable bonds is 10. The van der Waals surface area contributed by atoms with Gasteiger partial charge >= 0.3 is 0 Å². The Labute approximate surface area is 197 Å². The molecule has 0 aliphatic carbocycles. The van der Waals surface area contributed by atoms with Crippen molar-refractivity contribution >= 4 is 34.7 Å². The molecule has 0 saturated heterocycles. The largest absolute Gasteiger partial charge is 0.372 e. The summed E-state index contributed by atoms with van der Waals surface area (Å²) in [6, 6.07) is 14.1. The van der Waals surface area contributed by atoms with Gasteiger partial charge in [-0.05, 0) is 58.0 Å². The molecule has 10 heteroatoms. The van der Waals surface area contributed by atoms with Crippen LogP contribution in [0.4, 0.5) is 17.1 Å². The van der Waals surface area contributed by atoms with E-state index in [-0.39, 0.29) is 11.6 Å². The van der Waals surface area contributed by atoms with Crippen molar-refractivity contribution < 1.29 is 9.72 Å². The van der Waals surface area contributed by atoms with Crippen molar-refractivity contribution in [1.82, 2.24) is 14.8 Å². The molecule has 0 spiro atoms. The minimum absolute atomic E-state index is 0.0736. The Bertz CT molecular complexity index is 1110. The fourth-order valence-electron chi connectivity index (χ4n) is 3.44. The minimum Gasteiger partial charge on any atom is -0.372 e. The Morgan fingerprint density at radius 1 is 1.15 bits per heavy atom. The number of nitrogens with one attached hydrogen (secondary N) is 1. The first-order chi connectivity index (χ1) is 15.9. The Morgan fingerprint density at radius 3 is 2.45 bits per heavy atom. The summed E-state index contributed by atoms with van der Waals surface area (Å²) >= 11 is 1.30. The Balaban J connectivity index is 1.73. The molecule has 174 valence electrons. The summed E-state index contributed by atoms with van der Waals surface area (Å²) in [5.74, 6) is 0.480. The molecular weight excluding hydrogens is 440 g/mol. The number of thioether (sulfide) groups is 1. The predicted molar refractivity (Wildman–Crippen MR) is 132 cm³/mol. The van der Waals surface area contributed by atoms with Gasteiger partial charge < -0.3 is 14.8 Å². The van der Waals surface area contributed by atoms with E-state index in [1.54, 1.807) is 13.0 Å². The lowest BCUT2D eigenvalue weighted by Gasteiger charge is -2.21. The molecular formula is C23H28N6O3S. The zero-order chi connectivity index (χ0) is 24.0. The standard InChI is InChI=1S/C23H28N6O3S/c1-5-27(6-2)19-13-11-17(12-14-19)21-25-26-23(28(21)7-3)33-16(4)22(30)24-18-9-8-10-20(15-18)29(31)32/h8-16H,5-7H2,1-4H3,(H,24,30). The molecule has 0 fully saturated rings. The van der Waals surface area contributed by atoms with Crippen LogP contribution < -0.4 is 10.2 Å². The van der Waals surface area contributed by atoms with Crippen molar-refractivity contribution in [1.29, 1.82) is 0 Å². The number of hydrogen-bond donors (Lipinski definition) is 1. The van der Waals surface area contributed by atoms with E-state index < -0.39 is 10.2 Å². The van der Waals surface area contributed by atoms with Gasteiger partial charge in [0.1, 0.15) is 0 Å². The fraction of sp³-hybridized carbons (Fsp3) is 0.348. The van der Waals surface area contributed by atoms with Gasteiger partial charge in [-0.25, -0.2) is 0 Å². The topological polar surface area (TPSA) is 106 Å². The van der Waals surface area contributed by atoms with Crippen LogP contribution in [-0.2, 0) is 11.3 Å². The Morgan fingerprint density at radius 2 is 1.85 bits per heavy atom. The monoisotopic (exact) mass is 468 g/mol. The third kappa shape index (κ3) is 5.70. The van der Waals surface area contributed by atoms with E-state index in [4.69, 9.17) is 0 Å². The van der Waals surface area contributed by atoms with Crippen molar-refractivity contribution in [3.63, 3.8) is 0 Å². The molecule has 33 heavy (non-hydrogen) atoms. The summed E-state index contributed by atoms with van der Waals surface area (Å²) in [5.41, 5.74) is 2.43. The molecule has 0 radical (unpaired) electrons. The van der Waals surface area contributed by atoms with Crippen molar-refractivity contribution in [3.8, 4) is 11.4 Å². The SMILES string of the molecule is CCN(CC)c1ccc(-c2nnc(SC(C)C(=O)Nc3cccc([N+](=O)[O-])c3)n2CC)cc1. The first-order valence-corrected chi connectivity index (χ1v) is 11.8. The highest BCUT2D eigenvalue weighted by Gasteiger charge is 2.21. The number of nitro groups is 1. The number of aromatic nitrogens is 3. The smallest absolute Gasteiger partial charge is 0.271 e. The number of non-ortho nitro benzene ring substituents is 1. The van der Waals surface area contributed by atoms with Crippen LogP contribution in [0.5, 0.6) is 0 Å². The zero-order valence-electron chi connectivity index (χ0n) is 19.2. The second kappa shape index (κ2) is 11.0. The molecule has 1 aromatic heterocycles. The highest BCUT2D eigenvalue weighted by molar-refractivity contribution is 8.00. The number of nitro benzene ring substituents is 1. The maximum absolute atomic E-state index is 12.7. The van der Waals surface area contributed by atoms with Crippen molar-refractivity contribution in [2.45, 2.75) is 44.6 Å². The van der Waals surface area contributed by atoms with Gasteiger partial charge in [-0.3, -0.25) is 14.9 Å². The van der Waals surface area contributed by atoms with E-state index in [2.05, 4.69) is 46.4 Å². The van der Waals surface area contributed by atoms with Gasteiger partial charge in [-0.2, -0.15) is 0 Å². The number of anilines is 2. The number of nitrogens with zero attached hydrogens (tertiary/aromatic N) is 5. The molecule has 9 nitrogen and oxygen atoms in total. The van der Waals surface area contributed by atoms with Gasteiger partial charge in [0.15, 0.2) is 11.0 Å². The van der Waals surface area contributed by atoms with Gasteiger partial charge in [-0.15, -0.1) is 10.2 Å². The van der Waals surface area contributed by atoms with Gasteiger partial charge in [0.25, 0.3) is 5.69 Å². The van der Waals surface area contributed by atoms with Crippen LogP contribution >= 0.6 is 11.8 Å². The summed E-state index contributed by atoms with van der Waals surface area (Å²) in [6.45, 7) is 10.6. The number of carbonyl (C=O) groups is 1. The fourth-order valence-corrected chi connectivity index (χ4v) is 4.35. The zero-order valence-corrected chi connectivity index (χ0v) is 20.0. The highest BCUT2D eigenvalue weighted by Crippen LogP contribution is 2.29. The highest BCUT2D eigenvalue weighted by atomic mass is 32.2.